The number of amides is 3. The molecule has 4 fully saturated rings. The molecule has 3 amide bonds. The summed E-state index contributed by atoms with van der Waals surface area (Å²) in [6.45, 7) is 12.0. The molecule has 15 heteroatoms. The minimum absolute atomic E-state index is 0.0591. The Morgan fingerprint density at radius 1 is 1.12 bits per heavy atom. The van der Waals surface area contributed by atoms with Gasteiger partial charge in [-0.2, -0.15) is 14.6 Å². The number of ether oxygens (including phenoxy) is 1. The third kappa shape index (κ3) is 5.84. The highest BCUT2D eigenvalue weighted by molar-refractivity contribution is 6.05. The number of hydrogen-bond donors (Lipinski definition) is 3. The predicted octanol–water partition coefficient (Wildman–Crippen LogP) is 3.10. The lowest BCUT2D eigenvalue weighted by Gasteiger charge is -2.60. The van der Waals surface area contributed by atoms with Crippen LogP contribution in [0.15, 0.2) is 36.8 Å². The molecule has 0 radical (unpaired) electrons. The molecule has 3 saturated heterocycles. The van der Waals surface area contributed by atoms with E-state index in [1.54, 1.807) is 28.0 Å². The van der Waals surface area contributed by atoms with Crippen molar-refractivity contribution in [2.24, 2.45) is 17.3 Å². The first-order valence-corrected chi connectivity index (χ1v) is 18.5. The van der Waals surface area contributed by atoms with Crippen LogP contribution in [0.5, 0.6) is 5.88 Å². The van der Waals surface area contributed by atoms with Gasteiger partial charge in [0.25, 0.3) is 5.91 Å². The number of aromatic nitrogens is 6. The van der Waals surface area contributed by atoms with E-state index in [9.17, 15) is 14.4 Å². The molecule has 15 nitrogen and oxygen atoms in total. The first-order chi connectivity index (χ1) is 25.1. The van der Waals surface area contributed by atoms with E-state index in [2.05, 4.69) is 48.6 Å². The van der Waals surface area contributed by atoms with Crippen molar-refractivity contribution in [1.82, 2.24) is 44.9 Å². The molecule has 3 aromatic heterocycles. The van der Waals surface area contributed by atoms with Crippen molar-refractivity contribution in [3.8, 4) is 17.1 Å². The number of rotatable bonds is 9. The second-order valence-electron chi connectivity index (χ2n) is 15.9. The van der Waals surface area contributed by atoms with Crippen molar-refractivity contribution in [1.29, 1.82) is 0 Å². The number of fused-ring (bicyclic) bond motifs is 2. The van der Waals surface area contributed by atoms with Gasteiger partial charge in [0.2, 0.25) is 23.6 Å². The SMILES string of the molecule is CC(C)Oc1c(-c2cn[nH]c2)ncc2nc(N[C@H]3CCN(CC4CC5(C4)CN(c4ccc6c(c4)CN(C4CCC(=O)NC4=O)C6=O)C5)C[C@H]3C)nn12. The summed E-state index contributed by atoms with van der Waals surface area (Å²) in [7, 11) is 0. The van der Waals surface area contributed by atoms with E-state index in [-0.39, 0.29) is 36.3 Å². The van der Waals surface area contributed by atoms with Gasteiger partial charge in [0.15, 0.2) is 5.65 Å². The van der Waals surface area contributed by atoms with Crippen LogP contribution in [-0.2, 0) is 16.1 Å². The fourth-order valence-electron chi connectivity index (χ4n) is 9.20. The van der Waals surface area contributed by atoms with E-state index in [1.165, 1.54) is 12.8 Å². The Labute approximate surface area is 301 Å². The molecule has 52 heavy (non-hydrogen) atoms. The van der Waals surface area contributed by atoms with Crippen LogP contribution in [0, 0.1) is 17.3 Å². The number of carbonyl (C=O) groups is 3. The van der Waals surface area contributed by atoms with Gasteiger partial charge in [0.05, 0.1) is 18.5 Å². The summed E-state index contributed by atoms with van der Waals surface area (Å²) in [5.74, 6) is 1.53. The smallest absolute Gasteiger partial charge is 0.255 e. The largest absolute Gasteiger partial charge is 0.473 e. The Balaban J connectivity index is 0.761. The Morgan fingerprint density at radius 2 is 1.96 bits per heavy atom. The van der Waals surface area contributed by atoms with Crippen LogP contribution in [0.25, 0.3) is 16.9 Å². The molecule has 1 saturated carbocycles. The van der Waals surface area contributed by atoms with Crippen LogP contribution >= 0.6 is 0 Å². The fraction of sp³-hybridized carbons (Fsp3) is 0.541. The third-order valence-electron chi connectivity index (χ3n) is 11.6. The molecule has 1 unspecified atom stereocenters. The topological polar surface area (TPSA) is 166 Å². The van der Waals surface area contributed by atoms with Crippen LogP contribution in [0.3, 0.4) is 0 Å². The number of aromatic amines is 1. The zero-order valence-corrected chi connectivity index (χ0v) is 29.8. The normalized spacial score (nSPS) is 24.7. The number of likely N-dealkylation sites (tertiary alicyclic amines) is 1. The average Bonchev–Trinajstić information content (AvgIpc) is 3.82. The van der Waals surface area contributed by atoms with Crippen LogP contribution in [-0.4, -0.2) is 108 Å². The van der Waals surface area contributed by atoms with Gasteiger partial charge in [-0.25, -0.2) is 4.98 Å². The highest BCUT2D eigenvalue weighted by Gasteiger charge is 2.52. The molecular weight excluding hydrogens is 662 g/mol. The molecule has 272 valence electrons. The maximum atomic E-state index is 13.1. The second-order valence-corrected chi connectivity index (χ2v) is 15.9. The summed E-state index contributed by atoms with van der Waals surface area (Å²) in [4.78, 5) is 53.2. The number of anilines is 2. The van der Waals surface area contributed by atoms with E-state index < -0.39 is 6.04 Å². The number of imide groups is 1. The number of piperidine rings is 2. The molecule has 1 aromatic carbocycles. The van der Waals surface area contributed by atoms with Crippen LogP contribution in [0.2, 0.25) is 0 Å². The van der Waals surface area contributed by atoms with Gasteiger partial charge in [-0.05, 0) is 75.1 Å². The number of hydrogen-bond acceptors (Lipinski definition) is 11. The van der Waals surface area contributed by atoms with Crippen molar-refractivity contribution in [2.75, 3.05) is 42.9 Å². The summed E-state index contributed by atoms with van der Waals surface area (Å²) >= 11 is 0. The maximum absolute atomic E-state index is 13.1. The van der Waals surface area contributed by atoms with E-state index >= 15 is 0 Å². The summed E-state index contributed by atoms with van der Waals surface area (Å²) < 4.78 is 7.89. The first-order valence-electron chi connectivity index (χ1n) is 18.5. The number of nitrogens with one attached hydrogen (secondary N) is 3. The Hall–Kier alpha value is -5.05. The lowest BCUT2D eigenvalue weighted by Crippen LogP contribution is -2.63. The van der Waals surface area contributed by atoms with Crippen molar-refractivity contribution in [3.05, 3.63) is 47.9 Å². The maximum Gasteiger partial charge on any atom is 0.255 e. The molecule has 5 aliphatic rings. The highest BCUT2D eigenvalue weighted by Crippen LogP contribution is 2.53. The van der Waals surface area contributed by atoms with Crippen LogP contribution < -0.4 is 20.3 Å². The summed E-state index contributed by atoms with van der Waals surface area (Å²) in [6.07, 6.45) is 9.35. The molecule has 0 bridgehead atoms. The minimum Gasteiger partial charge on any atom is -0.473 e. The average molecular weight is 708 g/mol. The fourth-order valence-corrected chi connectivity index (χ4v) is 9.20. The number of H-pyrrole nitrogens is 1. The Morgan fingerprint density at radius 3 is 2.71 bits per heavy atom. The zero-order chi connectivity index (χ0) is 35.7. The predicted molar refractivity (Wildman–Crippen MR) is 192 cm³/mol. The van der Waals surface area contributed by atoms with Crippen LogP contribution in [0.1, 0.15) is 68.8 Å². The molecule has 4 aliphatic heterocycles. The van der Waals surface area contributed by atoms with Gasteiger partial charge in [-0.15, -0.1) is 5.10 Å². The second kappa shape index (κ2) is 12.6. The van der Waals surface area contributed by atoms with Crippen molar-refractivity contribution in [2.45, 2.75) is 77.6 Å². The van der Waals surface area contributed by atoms with Gasteiger partial charge >= 0.3 is 0 Å². The third-order valence-corrected chi connectivity index (χ3v) is 11.6. The zero-order valence-electron chi connectivity index (χ0n) is 29.8. The number of nitrogens with zero attached hydrogens (tertiary/aromatic N) is 8. The summed E-state index contributed by atoms with van der Waals surface area (Å²) in [5.41, 5.74) is 5.29. The monoisotopic (exact) mass is 707 g/mol. The van der Waals surface area contributed by atoms with Crippen molar-refractivity contribution in [3.63, 3.8) is 0 Å². The lowest BCUT2D eigenvalue weighted by atomic mass is 9.57. The van der Waals surface area contributed by atoms with Gasteiger partial charge in [-0.3, -0.25) is 24.8 Å². The molecule has 1 aliphatic carbocycles. The molecule has 4 aromatic rings. The van der Waals surface area contributed by atoms with Gasteiger partial charge in [-0.1, -0.05) is 6.92 Å². The molecule has 3 atom stereocenters. The van der Waals surface area contributed by atoms with E-state index in [1.807, 2.05) is 26.0 Å². The molecule has 9 rings (SSSR count). The van der Waals surface area contributed by atoms with E-state index in [0.717, 1.165) is 61.9 Å². The molecular formula is C37H45N11O4. The minimum atomic E-state index is -0.585. The standard InChI is InChI=1S/C37H45N11O4/c1-21(2)52-35-32(25-13-39-40-14-25)38-15-30-42-36(44-48(30)35)41-28-8-9-45(16-22(28)3)17-23-11-37(12-23)19-46(20-37)26-4-5-27-24(10-26)18-47(34(27)51)29-6-7-31(49)43-33(29)50/h4-5,10,13-15,21-23,28-29H,6-9,11-12,16-20H2,1-3H3,(H,39,40)(H,41,44)(H,43,49,50)/t22-,28+,29?/m1/s1. The Bertz CT molecular complexity index is 2030. The lowest BCUT2D eigenvalue weighted by molar-refractivity contribution is -0.136. The molecule has 1 spiro atoms. The van der Waals surface area contributed by atoms with Gasteiger partial charge in [0.1, 0.15) is 11.7 Å². The molecule has 3 N–H and O–H groups in total. The Kier molecular flexibility index (Phi) is 7.93. The highest BCUT2D eigenvalue weighted by atomic mass is 16.5. The van der Waals surface area contributed by atoms with E-state index in [0.29, 0.717) is 53.0 Å². The quantitative estimate of drug-likeness (QED) is 0.219. The first kappa shape index (κ1) is 32.8. The molecule has 7 heterocycles. The van der Waals surface area contributed by atoms with Gasteiger partial charge < -0.3 is 24.8 Å². The van der Waals surface area contributed by atoms with Crippen LogP contribution in [0.4, 0.5) is 11.6 Å². The number of carbonyl (C=O) groups excluding carboxylic acids is 3. The van der Waals surface area contributed by atoms with E-state index in [4.69, 9.17) is 14.8 Å². The summed E-state index contributed by atoms with van der Waals surface area (Å²) in [5, 5.41) is 17.7. The van der Waals surface area contributed by atoms with Crippen molar-refractivity contribution < 1.29 is 19.1 Å². The van der Waals surface area contributed by atoms with Gasteiger partial charge in [0, 0.05) is 80.2 Å². The summed E-state index contributed by atoms with van der Waals surface area (Å²) in [6, 6.07) is 5.77. The number of benzene rings is 1. The van der Waals surface area contributed by atoms with Crippen molar-refractivity contribution >= 4 is 35.0 Å².